The van der Waals surface area contributed by atoms with Gasteiger partial charge in [-0.2, -0.15) is 5.10 Å². The second-order valence-electron chi connectivity index (χ2n) is 8.13. The Bertz CT molecular complexity index is 1490. The van der Waals surface area contributed by atoms with Crippen LogP contribution in [0, 0.1) is 19.7 Å². The van der Waals surface area contributed by atoms with E-state index >= 15 is 0 Å². The van der Waals surface area contributed by atoms with Crippen molar-refractivity contribution in [3.05, 3.63) is 114 Å². The number of hydrogen-bond acceptors (Lipinski definition) is 2. The number of pyridine rings is 1. The predicted octanol–water partition coefficient (Wildman–Crippen LogP) is 6.99. The number of nitrogens with one attached hydrogen (secondary N) is 2. The molecule has 5 rings (SSSR count). The van der Waals surface area contributed by atoms with Gasteiger partial charge in [0.05, 0.1) is 11.2 Å². The van der Waals surface area contributed by atoms with Crippen LogP contribution >= 0.6 is 0 Å². The normalized spacial score (nSPS) is 11.8. The number of hydrogen-bond donors (Lipinski definition) is 2. The van der Waals surface area contributed by atoms with Crippen LogP contribution in [0.3, 0.4) is 0 Å². The van der Waals surface area contributed by atoms with E-state index in [1.54, 1.807) is 18.3 Å². The molecular formula is C28H23FN4. The summed E-state index contributed by atoms with van der Waals surface area (Å²) in [4.78, 5) is 7.70. The number of aromatic amines is 2. The smallest absolute Gasteiger partial charge is 0.124 e. The molecule has 0 saturated heterocycles. The minimum Gasteiger partial charge on any atom is -0.357 e. The molecule has 0 aliphatic carbocycles. The van der Waals surface area contributed by atoms with Gasteiger partial charge >= 0.3 is 0 Å². The molecule has 0 saturated carbocycles. The largest absolute Gasteiger partial charge is 0.357 e. The molecule has 0 radical (unpaired) electrons. The lowest BCUT2D eigenvalue weighted by Crippen LogP contribution is -1.91. The average molecular weight is 435 g/mol. The highest BCUT2D eigenvalue weighted by Crippen LogP contribution is 2.34. The van der Waals surface area contributed by atoms with E-state index in [9.17, 15) is 4.39 Å². The van der Waals surface area contributed by atoms with Crippen LogP contribution in [0.4, 0.5) is 4.39 Å². The quantitative estimate of drug-likeness (QED) is 0.293. The fraction of sp³-hybridized carbons (Fsp3) is 0.0714. The molecule has 2 aromatic carbocycles. The van der Waals surface area contributed by atoms with Gasteiger partial charge in [-0.15, -0.1) is 0 Å². The van der Waals surface area contributed by atoms with Gasteiger partial charge in [0.2, 0.25) is 0 Å². The molecule has 0 fully saturated rings. The monoisotopic (exact) mass is 434 g/mol. The van der Waals surface area contributed by atoms with Crippen LogP contribution in [0.2, 0.25) is 0 Å². The third-order valence-electron chi connectivity index (χ3n) is 5.76. The van der Waals surface area contributed by atoms with Gasteiger partial charge in [0.15, 0.2) is 0 Å². The Hall–Kier alpha value is -4.25. The molecule has 4 nitrogen and oxygen atoms in total. The van der Waals surface area contributed by atoms with Crippen molar-refractivity contribution < 1.29 is 4.39 Å². The van der Waals surface area contributed by atoms with E-state index in [4.69, 9.17) is 0 Å². The Morgan fingerprint density at radius 3 is 2.67 bits per heavy atom. The zero-order chi connectivity index (χ0) is 22.9. The second kappa shape index (κ2) is 8.36. The number of benzene rings is 2. The summed E-state index contributed by atoms with van der Waals surface area (Å²) in [6.45, 7) is 7.76. The SMILES string of the molecule is C=C/C=C(/c1cc(C)cc(F)c1)c1cc(-c2n[nH]c3ccc(-c4cccnc4)cc23)[nH]c1C. The van der Waals surface area contributed by atoms with Crippen molar-refractivity contribution in [3.8, 4) is 22.5 Å². The summed E-state index contributed by atoms with van der Waals surface area (Å²) in [5.74, 6) is -0.255. The highest BCUT2D eigenvalue weighted by molar-refractivity contribution is 5.96. The maximum absolute atomic E-state index is 14.1. The van der Waals surface area contributed by atoms with Gasteiger partial charge in [0.1, 0.15) is 11.5 Å². The third kappa shape index (κ3) is 3.89. The van der Waals surface area contributed by atoms with Crippen LogP contribution in [-0.2, 0) is 0 Å². The Labute approximate surface area is 191 Å². The van der Waals surface area contributed by atoms with E-state index < -0.39 is 0 Å². The Morgan fingerprint density at radius 2 is 1.91 bits per heavy atom. The first-order chi connectivity index (χ1) is 16.0. The number of nitrogens with zero attached hydrogens (tertiary/aromatic N) is 2. The number of aromatic nitrogens is 4. The standard InChI is InChI=1S/C28H23FN4/c1-4-6-23(21-11-17(2)12-22(29)13-21)24-15-27(31-18(24)3)28-25-14-19(8-9-26(25)32-33-28)20-7-5-10-30-16-20/h4-16,31H,1H2,2-3H3,(H,32,33)/b23-6-. The van der Waals surface area contributed by atoms with Gasteiger partial charge in [-0.1, -0.05) is 36.9 Å². The van der Waals surface area contributed by atoms with Gasteiger partial charge in [-0.3, -0.25) is 10.1 Å². The minimum absolute atomic E-state index is 0.255. The zero-order valence-electron chi connectivity index (χ0n) is 18.5. The van der Waals surface area contributed by atoms with E-state index in [1.807, 2.05) is 50.4 Å². The van der Waals surface area contributed by atoms with Crippen molar-refractivity contribution in [1.82, 2.24) is 20.2 Å². The van der Waals surface area contributed by atoms with E-state index in [0.717, 1.165) is 61.4 Å². The van der Waals surface area contributed by atoms with Gasteiger partial charge in [-0.05, 0) is 72.5 Å². The summed E-state index contributed by atoms with van der Waals surface area (Å²) >= 11 is 0. The van der Waals surface area contributed by atoms with Gasteiger partial charge in [0.25, 0.3) is 0 Å². The summed E-state index contributed by atoms with van der Waals surface area (Å²) in [6.07, 6.45) is 7.26. The van der Waals surface area contributed by atoms with Gasteiger partial charge < -0.3 is 4.98 Å². The highest BCUT2D eigenvalue weighted by Gasteiger charge is 2.17. The summed E-state index contributed by atoms with van der Waals surface area (Å²) in [6, 6.07) is 17.3. The van der Waals surface area contributed by atoms with Crippen molar-refractivity contribution >= 4 is 16.5 Å². The van der Waals surface area contributed by atoms with Gasteiger partial charge in [0, 0.05) is 34.6 Å². The molecule has 0 aliphatic rings. The average Bonchev–Trinajstić information content (AvgIpc) is 3.40. The molecular weight excluding hydrogens is 411 g/mol. The number of fused-ring (bicyclic) bond motifs is 1. The lowest BCUT2D eigenvalue weighted by Gasteiger charge is -2.09. The number of rotatable bonds is 5. The number of H-pyrrole nitrogens is 2. The van der Waals surface area contributed by atoms with Crippen LogP contribution in [0.1, 0.15) is 22.4 Å². The topological polar surface area (TPSA) is 57.4 Å². The Balaban J connectivity index is 1.62. The van der Waals surface area contributed by atoms with Crippen molar-refractivity contribution in [2.45, 2.75) is 13.8 Å². The van der Waals surface area contributed by atoms with E-state index in [1.165, 1.54) is 6.07 Å². The fourth-order valence-electron chi connectivity index (χ4n) is 4.25. The number of halogens is 1. The molecule has 0 spiro atoms. The van der Waals surface area contributed by atoms with Crippen LogP contribution < -0.4 is 0 Å². The van der Waals surface area contributed by atoms with E-state index in [0.29, 0.717) is 0 Å². The van der Waals surface area contributed by atoms with Crippen LogP contribution in [-0.4, -0.2) is 20.2 Å². The summed E-state index contributed by atoms with van der Waals surface area (Å²) < 4.78 is 14.1. The molecule has 2 N–H and O–H groups in total. The number of aryl methyl sites for hydroxylation is 2. The molecule has 162 valence electrons. The van der Waals surface area contributed by atoms with Crippen molar-refractivity contribution in [1.29, 1.82) is 0 Å². The van der Waals surface area contributed by atoms with E-state index in [-0.39, 0.29) is 5.82 Å². The van der Waals surface area contributed by atoms with Gasteiger partial charge in [-0.25, -0.2) is 4.39 Å². The summed E-state index contributed by atoms with van der Waals surface area (Å²) in [5.41, 5.74) is 9.34. The van der Waals surface area contributed by atoms with Crippen LogP contribution in [0.5, 0.6) is 0 Å². The first-order valence-corrected chi connectivity index (χ1v) is 10.7. The Kier molecular flexibility index (Phi) is 5.23. The lowest BCUT2D eigenvalue weighted by atomic mass is 9.96. The minimum atomic E-state index is -0.255. The van der Waals surface area contributed by atoms with Crippen LogP contribution in [0.15, 0.2) is 85.7 Å². The highest BCUT2D eigenvalue weighted by atomic mass is 19.1. The van der Waals surface area contributed by atoms with Crippen LogP contribution in [0.25, 0.3) is 39.0 Å². The molecule has 0 atom stereocenters. The second-order valence-corrected chi connectivity index (χ2v) is 8.13. The third-order valence-corrected chi connectivity index (χ3v) is 5.76. The van der Waals surface area contributed by atoms with Crippen molar-refractivity contribution in [3.63, 3.8) is 0 Å². The maximum atomic E-state index is 14.1. The Morgan fingerprint density at radius 1 is 1.03 bits per heavy atom. The maximum Gasteiger partial charge on any atom is 0.124 e. The number of allylic oxidation sites excluding steroid dienone is 2. The molecule has 5 aromatic rings. The molecule has 33 heavy (non-hydrogen) atoms. The molecule has 3 heterocycles. The first-order valence-electron chi connectivity index (χ1n) is 10.7. The first kappa shape index (κ1) is 20.6. The molecule has 3 aromatic heterocycles. The molecule has 0 aliphatic heterocycles. The molecule has 5 heteroatoms. The van der Waals surface area contributed by atoms with Crippen molar-refractivity contribution in [2.24, 2.45) is 0 Å². The lowest BCUT2D eigenvalue weighted by molar-refractivity contribution is 0.626. The molecule has 0 bridgehead atoms. The summed E-state index contributed by atoms with van der Waals surface area (Å²) in [5, 5.41) is 8.73. The predicted molar refractivity (Wildman–Crippen MR) is 132 cm³/mol. The molecule has 0 amide bonds. The summed E-state index contributed by atoms with van der Waals surface area (Å²) in [7, 11) is 0. The van der Waals surface area contributed by atoms with Crippen molar-refractivity contribution in [2.75, 3.05) is 0 Å². The van der Waals surface area contributed by atoms with E-state index in [2.05, 4.69) is 44.9 Å². The zero-order valence-corrected chi connectivity index (χ0v) is 18.5. The fourth-order valence-corrected chi connectivity index (χ4v) is 4.25. The molecule has 0 unspecified atom stereocenters.